The van der Waals surface area contributed by atoms with Gasteiger partial charge in [0.2, 0.25) is 0 Å². The number of hydrogen-bond donors (Lipinski definition) is 6. The average Bonchev–Trinajstić information content (AvgIpc) is 3.08. The van der Waals surface area contributed by atoms with Crippen LogP contribution in [0.3, 0.4) is 0 Å². The Hall–Kier alpha value is -2.20. The second kappa shape index (κ2) is 49.9. The minimum atomic E-state index is -0.670. The molecule has 51 heavy (non-hydrogen) atoms. The highest BCUT2D eigenvalue weighted by Crippen LogP contribution is 2.11. The Balaban J connectivity index is -0.000000175. The number of carboxylic acid groups (broad SMARTS) is 4. The Kier molecular flexibility index (Phi) is 56.9. The summed E-state index contributed by atoms with van der Waals surface area (Å²) in [5, 5.41) is 50.1. The summed E-state index contributed by atoms with van der Waals surface area (Å²) in [6.07, 6.45) is 29.1. The number of hydrogen-bond acceptors (Lipinski definition) is 6. The molecule has 0 rings (SSSR count). The lowest BCUT2D eigenvalue weighted by atomic mass is 9.97. The van der Waals surface area contributed by atoms with Gasteiger partial charge in [-0.2, -0.15) is 0 Å². The first-order valence-electron chi connectivity index (χ1n) is 20.3. The minimum Gasteiger partial charge on any atom is -0.481 e. The Labute approximate surface area is 313 Å². The van der Waals surface area contributed by atoms with Gasteiger partial charge in [-0.25, -0.2) is 0 Å². The van der Waals surface area contributed by atoms with Gasteiger partial charge in [0.1, 0.15) is 0 Å². The number of aliphatic hydroxyl groups excluding tert-OH is 2. The Morgan fingerprint density at radius 3 is 0.608 bits per heavy atom. The molecule has 6 N–H and O–H groups in total. The zero-order valence-corrected chi connectivity index (χ0v) is 34.0. The summed E-state index contributed by atoms with van der Waals surface area (Å²) < 4.78 is 0. The standard InChI is InChI=1S/2C10H20O2.2C8H16O2.C5H12O2/c2*1-2-3-4-5-6-7-8-9-10(11)12;2*1-2-3-4-5-6-7-8(9)10;1-5(2,3-6)4-7/h2*2-9H2,1H3,(H,11,12);2*2-7H2,1H3,(H,9,10);6-7H,3-4H2,1-2H3. The first-order chi connectivity index (χ1) is 24.2. The van der Waals surface area contributed by atoms with Crippen molar-refractivity contribution < 1.29 is 49.8 Å². The van der Waals surface area contributed by atoms with Crippen molar-refractivity contribution in [2.75, 3.05) is 13.2 Å². The van der Waals surface area contributed by atoms with E-state index in [4.69, 9.17) is 30.6 Å². The van der Waals surface area contributed by atoms with E-state index in [1.165, 1.54) is 103 Å². The van der Waals surface area contributed by atoms with Crippen LogP contribution in [0.4, 0.5) is 0 Å². The number of aliphatic carboxylic acids is 4. The van der Waals surface area contributed by atoms with Crippen molar-refractivity contribution in [3.8, 4) is 0 Å². The molecule has 0 saturated carbocycles. The maximum Gasteiger partial charge on any atom is 0.303 e. The van der Waals surface area contributed by atoms with Gasteiger partial charge in [-0.15, -0.1) is 0 Å². The van der Waals surface area contributed by atoms with Crippen LogP contribution < -0.4 is 0 Å². The number of carboxylic acids is 4. The van der Waals surface area contributed by atoms with Crippen molar-refractivity contribution in [3.63, 3.8) is 0 Å². The van der Waals surface area contributed by atoms with Crippen LogP contribution in [0.2, 0.25) is 0 Å². The SMILES string of the molecule is CC(C)(CO)CO.CCCCCCCC(=O)O.CCCCCCCC(=O)O.CCCCCCCCCC(=O)O.CCCCCCCCCC(=O)O. The molecule has 0 aliphatic heterocycles. The molecular formula is C41H84O10. The summed E-state index contributed by atoms with van der Waals surface area (Å²) in [5.41, 5.74) is -0.306. The minimum absolute atomic E-state index is 0.0451. The molecule has 0 aliphatic carbocycles. The van der Waals surface area contributed by atoms with Gasteiger partial charge in [-0.3, -0.25) is 19.2 Å². The van der Waals surface area contributed by atoms with Crippen molar-refractivity contribution in [2.45, 2.75) is 221 Å². The molecule has 308 valence electrons. The van der Waals surface area contributed by atoms with Gasteiger partial charge in [0, 0.05) is 31.1 Å². The van der Waals surface area contributed by atoms with E-state index in [9.17, 15) is 19.2 Å². The van der Waals surface area contributed by atoms with Crippen molar-refractivity contribution >= 4 is 23.9 Å². The molecule has 0 spiro atoms. The molecule has 10 heteroatoms. The third-order valence-electron chi connectivity index (χ3n) is 7.83. The first-order valence-corrected chi connectivity index (χ1v) is 20.3. The van der Waals surface area contributed by atoms with Crippen molar-refractivity contribution in [3.05, 3.63) is 0 Å². The lowest BCUT2D eigenvalue weighted by Gasteiger charge is -2.16. The van der Waals surface area contributed by atoms with Gasteiger partial charge >= 0.3 is 23.9 Å². The lowest BCUT2D eigenvalue weighted by Crippen LogP contribution is -2.20. The van der Waals surface area contributed by atoms with Crippen LogP contribution in [0.15, 0.2) is 0 Å². The molecule has 0 aromatic heterocycles. The molecule has 0 radical (unpaired) electrons. The lowest BCUT2D eigenvalue weighted by molar-refractivity contribution is -0.138. The summed E-state index contributed by atoms with van der Waals surface area (Å²) in [4.78, 5) is 40.3. The molecule has 0 saturated heterocycles. The van der Waals surface area contributed by atoms with Crippen LogP contribution >= 0.6 is 0 Å². The zero-order chi connectivity index (χ0) is 40.0. The highest BCUT2D eigenvalue weighted by atomic mass is 16.4. The van der Waals surface area contributed by atoms with Gasteiger partial charge in [0.25, 0.3) is 0 Å². The molecule has 0 heterocycles. The molecular weight excluding hydrogens is 652 g/mol. The van der Waals surface area contributed by atoms with E-state index < -0.39 is 23.9 Å². The monoisotopic (exact) mass is 737 g/mol. The summed E-state index contributed by atoms with van der Waals surface area (Å²) in [5.74, 6) is -2.67. The van der Waals surface area contributed by atoms with Crippen molar-refractivity contribution in [1.29, 1.82) is 0 Å². The summed E-state index contributed by atoms with van der Waals surface area (Å²) in [7, 11) is 0. The van der Waals surface area contributed by atoms with E-state index in [2.05, 4.69) is 27.7 Å². The van der Waals surface area contributed by atoms with Crippen LogP contribution in [0.1, 0.15) is 221 Å². The smallest absolute Gasteiger partial charge is 0.303 e. The molecule has 0 aromatic carbocycles. The Bertz CT molecular complexity index is 667. The third kappa shape index (κ3) is 78.2. The molecule has 0 aliphatic rings. The maximum absolute atomic E-state index is 10.1. The summed E-state index contributed by atoms with van der Waals surface area (Å²) >= 11 is 0. The molecule has 0 amide bonds. The predicted octanol–water partition coefficient (Wildman–Crippen LogP) is 11.3. The van der Waals surface area contributed by atoms with Gasteiger partial charge in [-0.05, 0) is 25.7 Å². The van der Waals surface area contributed by atoms with Gasteiger partial charge < -0.3 is 30.6 Å². The largest absolute Gasteiger partial charge is 0.481 e. The molecule has 10 nitrogen and oxygen atoms in total. The zero-order valence-electron chi connectivity index (χ0n) is 34.0. The fourth-order valence-corrected chi connectivity index (χ4v) is 4.28. The molecule has 0 atom stereocenters. The van der Waals surface area contributed by atoms with E-state index in [1.54, 1.807) is 13.8 Å². The fraction of sp³-hybridized carbons (Fsp3) is 0.902. The van der Waals surface area contributed by atoms with Crippen LogP contribution in [0.5, 0.6) is 0 Å². The summed E-state index contributed by atoms with van der Waals surface area (Å²) in [6.45, 7) is 12.4. The fourth-order valence-electron chi connectivity index (χ4n) is 4.28. The maximum atomic E-state index is 10.1. The number of unbranched alkanes of at least 4 members (excludes halogenated alkanes) is 20. The first kappa shape index (κ1) is 58.1. The van der Waals surface area contributed by atoms with Gasteiger partial charge in [-0.1, -0.05) is 170 Å². The van der Waals surface area contributed by atoms with E-state index >= 15 is 0 Å². The van der Waals surface area contributed by atoms with Crippen LogP contribution in [-0.4, -0.2) is 67.7 Å². The van der Waals surface area contributed by atoms with Crippen molar-refractivity contribution in [1.82, 2.24) is 0 Å². The van der Waals surface area contributed by atoms with Gasteiger partial charge in [0.05, 0.1) is 13.2 Å². The third-order valence-corrected chi connectivity index (χ3v) is 7.83. The topological polar surface area (TPSA) is 190 Å². The molecule has 0 fully saturated rings. The van der Waals surface area contributed by atoms with Crippen LogP contribution in [0.25, 0.3) is 0 Å². The predicted molar refractivity (Wildman–Crippen MR) is 210 cm³/mol. The second-order valence-corrected chi connectivity index (χ2v) is 14.1. The highest BCUT2D eigenvalue weighted by Gasteiger charge is 2.13. The van der Waals surface area contributed by atoms with Crippen LogP contribution in [0, 0.1) is 5.41 Å². The van der Waals surface area contributed by atoms with E-state index in [1.807, 2.05) is 0 Å². The summed E-state index contributed by atoms with van der Waals surface area (Å²) in [6, 6.07) is 0. The molecule has 0 aromatic rings. The second-order valence-electron chi connectivity index (χ2n) is 14.1. The number of rotatable bonds is 30. The highest BCUT2D eigenvalue weighted by molar-refractivity contribution is 5.67. The van der Waals surface area contributed by atoms with E-state index in [0.717, 1.165) is 51.4 Å². The van der Waals surface area contributed by atoms with E-state index in [-0.39, 0.29) is 18.6 Å². The van der Waals surface area contributed by atoms with Crippen LogP contribution in [-0.2, 0) is 19.2 Å². The molecule has 0 unspecified atom stereocenters. The van der Waals surface area contributed by atoms with E-state index in [0.29, 0.717) is 25.7 Å². The Morgan fingerprint density at radius 1 is 0.333 bits per heavy atom. The van der Waals surface area contributed by atoms with Gasteiger partial charge in [0.15, 0.2) is 0 Å². The average molecular weight is 737 g/mol. The molecule has 0 bridgehead atoms. The normalized spacial score (nSPS) is 10.2. The number of aliphatic hydroxyl groups is 2. The quantitative estimate of drug-likeness (QED) is 0.0387. The Morgan fingerprint density at radius 2 is 0.490 bits per heavy atom. The number of carbonyl (C=O) groups is 4. The van der Waals surface area contributed by atoms with Crippen molar-refractivity contribution in [2.24, 2.45) is 5.41 Å².